The maximum Gasteiger partial charge on any atom is 0.272 e. The third-order valence-corrected chi connectivity index (χ3v) is 5.30. The molecule has 0 unspecified atom stereocenters. The third-order valence-electron chi connectivity index (χ3n) is 5.30. The third kappa shape index (κ3) is 4.42. The van der Waals surface area contributed by atoms with Crippen LogP contribution in [0.25, 0.3) is 22.0 Å². The Hall–Kier alpha value is -4.34. The second-order valence-electron chi connectivity index (χ2n) is 7.55. The van der Waals surface area contributed by atoms with Crippen molar-refractivity contribution in [3.05, 3.63) is 71.6 Å². The first-order valence-corrected chi connectivity index (χ1v) is 10.6. The van der Waals surface area contributed by atoms with Crippen LogP contribution in [0.15, 0.2) is 48.9 Å². The molecule has 0 fully saturated rings. The molecule has 4 rings (SSSR count). The summed E-state index contributed by atoms with van der Waals surface area (Å²) in [6.45, 7) is 2.40. The van der Waals surface area contributed by atoms with Crippen LogP contribution in [-0.4, -0.2) is 57.6 Å². The van der Waals surface area contributed by atoms with Crippen molar-refractivity contribution < 1.29 is 18.7 Å². The number of hydrogen-bond donors (Lipinski definition) is 2. The minimum atomic E-state index is -0.635. The molecule has 3 aromatic heterocycles. The number of carbonyl (C=O) groups is 2. The molecule has 0 saturated carbocycles. The Labute approximate surface area is 195 Å². The number of fused-ring (bicyclic) bond motifs is 1. The summed E-state index contributed by atoms with van der Waals surface area (Å²) >= 11 is 0. The number of nitrogens with one attached hydrogen (secondary N) is 2. The van der Waals surface area contributed by atoms with E-state index in [1.165, 1.54) is 30.1 Å². The number of amides is 2. The van der Waals surface area contributed by atoms with Crippen LogP contribution in [0.1, 0.15) is 33.3 Å². The highest BCUT2D eigenvalue weighted by molar-refractivity contribution is 5.96. The fourth-order valence-electron chi connectivity index (χ4n) is 3.59. The van der Waals surface area contributed by atoms with E-state index in [2.05, 4.69) is 25.5 Å². The zero-order valence-electron chi connectivity index (χ0n) is 18.9. The smallest absolute Gasteiger partial charge is 0.272 e. The standard InChI is InChI=1S/C24H23FN6O3/c1-4-34-23-17(14-5-7-19(25)18(9-14)22(32)26-2)6-8-20(29-23)24(33)31(3)13-16-11-27-10-15-12-28-30-21(15)16/h5-12H,4,13H2,1-3H3,(H,26,32)(H,28,30). The van der Waals surface area contributed by atoms with Gasteiger partial charge >= 0.3 is 0 Å². The molecule has 9 nitrogen and oxygen atoms in total. The monoisotopic (exact) mass is 462 g/mol. The van der Waals surface area contributed by atoms with Crippen molar-refractivity contribution >= 4 is 22.7 Å². The van der Waals surface area contributed by atoms with Gasteiger partial charge in [0.15, 0.2) is 0 Å². The van der Waals surface area contributed by atoms with Gasteiger partial charge in [-0.25, -0.2) is 9.37 Å². The number of rotatable bonds is 7. The molecule has 0 aliphatic carbocycles. The zero-order valence-corrected chi connectivity index (χ0v) is 18.9. The zero-order chi connectivity index (χ0) is 24.2. The summed E-state index contributed by atoms with van der Waals surface area (Å²) in [5.41, 5.74) is 2.81. The van der Waals surface area contributed by atoms with E-state index in [0.29, 0.717) is 24.3 Å². The van der Waals surface area contributed by atoms with Gasteiger partial charge < -0.3 is 15.0 Å². The lowest BCUT2D eigenvalue weighted by molar-refractivity contribution is 0.0778. The summed E-state index contributed by atoms with van der Waals surface area (Å²) in [7, 11) is 3.10. The van der Waals surface area contributed by atoms with Crippen LogP contribution < -0.4 is 10.1 Å². The predicted octanol–water partition coefficient (Wildman–Crippen LogP) is 3.19. The second kappa shape index (κ2) is 9.65. The molecule has 0 aliphatic rings. The lowest BCUT2D eigenvalue weighted by Gasteiger charge is -2.18. The number of hydrogen-bond acceptors (Lipinski definition) is 6. The summed E-state index contributed by atoms with van der Waals surface area (Å²) < 4.78 is 19.8. The highest BCUT2D eigenvalue weighted by Crippen LogP contribution is 2.30. The largest absolute Gasteiger partial charge is 0.478 e. The normalized spacial score (nSPS) is 10.8. The number of carbonyl (C=O) groups excluding carboxylic acids is 2. The van der Waals surface area contributed by atoms with E-state index in [1.807, 2.05) is 0 Å². The van der Waals surface area contributed by atoms with Gasteiger partial charge in [-0.2, -0.15) is 5.10 Å². The van der Waals surface area contributed by atoms with Crippen molar-refractivity contribution in [1.82, 2.24) is 30.4 Å². The Morgan fingerprint density at radius 1 is 1.18 bits per heavy atom. The number of aromatic amines is 1. The van der Waals surface area contributed by atoms with Gasteiger partial charge in [-0.1, -0.05) is 6.07 Å². The van der Waals surface area contributed by atoms with E-state index in [-0.39, 0.29) is 23.0 Å². The molecule has 0 atom stereocenters. The number of aromatic nitrogens is 4. The molecule has 4 aromatic rings. The van der Waals surface area contributed by atoms with Crippen LogP contribution >= 0.6 is 0 Å². The molecular weight excluding hydrogens is 439 g/mol. The van der Waals surface area contributed by atoms with Crippen LogP contribution in [-0.2, 0) is 6.54 Å². The fraction of sp³-hybridized carbons (Fsp3) is 0.208. The second-order valence-corrected chi connectivity index (χ2v) is 7.55. The molecule has 0 radical (unpaired) electrons. The first-order valence-electron chi connectivity index (χ1n) is 10.6. The molecule has 0 spiro atoms. The number of pyridine rings is 2. The topological polar surface area (TPSA) is 113 Å². The molecule has 1 aromatic carbocycles. The van der Waals surface area contributed by atoms with Gasteiger partial charge in [0.05, 0.1) is 23.9 Å². The average molecular weight is 462 g/mol. The summed E-state index contributed by atoms with van der Waals surface area (Å²) in [5, 5.41) is 10.2. The van der Waals surface area contributed by atoms with E-state index in [0.717, 1.165) is 16.5 Å². The van der Waals surface area contributed by atoms with E-state index in [1.54, 1.807) is 44.7 Å². The highest BCUT2D eigenvalue weighted by atomic mass is 19.1. The van der Waals surface area contributed by atoms with Gasteiger partial charge in [0, 0.05) is 49.5 Å². The van der Waals surface area contributed by atoms with Crippen LogP contribution in [0.5, 0.6) is 5.88 Å². The molecule has 3 heterocycles. The molecule has 2 amide bonds. The summed E-state index contributed by atoms with van der Waals surface area (Å²) in [5.74, 6) is -1.27. The minimum absolute atomic E-state index is 0.0936. The molecule has 2 N–H and O–H groups in total. The van der Waals surface area contributed by atoms with Crippen LogP contribution in [0.2, 0.25) is 0 Å². The Bertz CT molecular complexity index is 1370. The Kier molecular flexibility index (Phi) is 6.48. The van der Waals surface area contributed by atoms with Crippen molar-refractivity contribution in [2.75, 3.05) is 20.7 Å². The van der Waals surface area contributed by atoms with Crippen LogP contribution in [0.3, 0.4) is 0 Å². The molecule has 0 aliphatic heterocycles. The SMILES string of the molecule is CCOc1nc(C(=O)N(C)Cc2cncc3cn[nH]c23)ccc1-c1ccc(F)c(C(=O)NC)c1. The Morgan fingerprint density at radius 2 is 2.00 bits per heavy atom. The fourth-order valence-corrected chi connectivity index (χ4v) is 3.59. The highest BCUT2D eigenvalue weighted by Gasteiger charge is 2.20. The summed E-state index contributed by atoms with van der Waals surface area (Å²) in [6, 6.07) is 7.44. The van der Waals surface area contributed by atoms with E-state index in [9.17, 15) is 14.0 Å². The van der Waals surface area contributed by atoms with E-state index in [4.69, 9.17) is 4.74 Å². The molecule has 0 bridgehead atoms. The van der Waals surface area contributed by atoms with Crippen molar-refractivity contribution in [2.24, 2.45) is 0 Å². The number of ether oxygens (including phenoxy) is 1. The molecule has 10 heteroatoms. The number of halogens is 1. The van der Waals surface area contributed by atoms with E-state index >= 15 is 0 Å². The molecular formula is C24H23FN6O3. The lowest BCUT2D eigenvalue weighted by atomic mass is 10.0. The van der Waals surface area contributed by atoms with Gasteiger partial charge in [0.25, 0.3) is 11.8 Å². The minimum Gasteiger partial charge on any atom is -0.478 e. The van der Waals surface area contributed by atoms with Crippen molar-refractivity contribution in [3.8, 4) is 17.0 Å². The van der Waals surface area contributed by atoms with Crippen molar-refractivity contribution in [3.63, 3.8) is 0 Å². The van der Waals surface area contributed by atoms with Crippen molar-refractivity contribution in [2.45, 2.75) is 13.5 Å². The molecule has 174 valence electrons. The average Bonchev–Trinajstić information content (AvgIpc) is 3.34. The summed E-state index contributed by atoms with van der Waals surface area (Å²) in [6.07, 6.45) is 5.06. The van der Waals surface area contributed by atoms with Crippen LogP contribution in [0, 0.1) is 5.82 Å². The summed E-state index contributed by atoms with van der Waals surface area (Å²) in [4.78, 5) is 35.3. The lowest BCUT2D eigenvalue weighted by Crippen LogP contribution is -2.27. The number of H-pyrrole nitrogens is 1. The quantitative estimate of drug-likeness (QED) is 0.436. The van der Waals surface area contributed by atoms with Gasteiger partial charge in [0.2, 0.25) is 5.88 Å². The van der Waals surface area contributed by atoms with Gasteiger partial charge in [-0.05, 0) is 36.8 Å². The first-order chi connectivity index (χ1) is 16.4. The van der Waals surface area contributed by atoms with Crippen molar-refractivity contribution in [1.29, 1.82) is 0 Å². The number of nitrogens with zero attached hydrogens (tertiary/aromatic N) is 4. The van der Waals surface area contributed by atoms with E-state index < -0.39 is 11.7 Å². The van der Waals surface area contributed by atoms with Gasteiger partial charge in [-0.3, -0.25) is 19.7 Å². The van der Waals surface area contributed by atoms with Crippen LogP contribution in [0.4, 0.5) is 4.39 Å². The Morgan fingerprint density at radius 3 is 2.76 bits per heavy atom. The molecule has 0 saturated heterocycles. The molecule has 34 heavy (non-hydrogen) atoms. The maximum atomic E-state index is 14.1. The Balaban J connectivity index is 1.64. The maximum absolute atomic E-state index is 14.1. The predicted molar refractivity (Wildman–Crippen MR) is 124 cm³/mol. The van der Waals surface area contributed by atoms with Gasteiger partial charge in [0.1, 0.15) is 11.5 Å². The number of benzene rings is 1. The van der Waals surface area contributed by atoms with Gasteiger partial charge in [-0.15, -0.1) is 0 Å². The first kappa shape index (κ1) is 22.8.